The summed E-state index contributed by atoms with van der Waals surface area (Å²) in [6.07, 6.45) is 0. The molecule has 6 heteroatoms. The fraction of sp³-hybridized carbons (Fsp3) is 0.360. The second-order valence-electron chi connectivity index (χ2n) is 7.99. The van der Waals surface area contributed by atoms with E-state index in [2.05, 4.69) is 13.8 Å². The molecular formula is C25H29NO5. The van der Waals surface area contributed by atoms with Crippen LogP contribution in [0, 0.1) is 6.92 Å². The molecule has 31 heavy (non-hydrogen) atoms. The van der Waals surface area contributed by atoms with E-state index in [-0.39, 0.29) is 24.5 Å². The van der Waals surface area contributed by atoms with Gasteiger partial charge in [0.2, 0.25) is 0 Å². The molecule has 6 nitrogen and oxygen atoms in total. The summed E-state index contributed by atoms with van der Waals surface area (Å²) < 4.78 is 10.4. The molecule has 0 aliphatic carbocycles. The van der Waals surface area contributed by atoms with Crippen molar-refractivity contribution < 1.29 is 24.2 Å². The number of ketones is 1. The van der Waals surface area contributed by atoms with Crippen molar-refractivity contribution in [2.75, 3.05) is 27.4 Å². The molecule has 164 valence electrons. The molecule has 0 aromatic heterocycles. The van der Waals surface area contributed by atoms with Gasteiger partial charge in [-0.1, -0.05) is 38.1 Å². The number of carbonyl (C=O) groups is 2. The van der Waals surface area contributed by atoms with E-state index in [9.17, 15) is 14.7 Å². The minimum Gasteiger partial charge on any atom is -0.507 e. The average Bonchev–Trinajstić information content (AvgIpc) is 3.01. The third-order valence-corrected chi connectivity index (χ3v) is 5.66. The van der Waals surface area contributed by atoms with Crippen molar-refractivity contribution in [3.63, 3.8) is 0 Å². The van der Waals surface area contributed by atoms with Crippen molar-refractivity contribution in [3.05, 3.63) is 70.3 Å². The van der Waals surface area contributed by atoms with Crippen LogP contribution in [0.25, 0.3) is 5.76 Å². The third kappa shape index (κ3) is 4.35. The number of ether oxygens (including phenoxy) is 2. The first-order chi connectivity index (χ1) is 14.8. The Morgan fingerprint density at radius 2 is 1.77 bits per heavy atom. The van der Waals surface area contributed by atoms with Crippen LogP contribution < -0.4 is 4.74 Å². The third-order valence-electron chi connectivity index (χ3n) is 5.66. The largest absolute Gasteiger partial charge is 0.507 e. The highest BCUT2D eigenvalue weighted by Crippen LogP contribution is 2.40. The fourth-order valence-electron chi connectivity index (χ4n) is 3.89. The predicted molar refractivity (Wildman–Crippen MR) is 119 cm³/mol. The molecule has 3 rings (SSSR count). The van der Waals surface area contributed by atoms with Gasteiger partial charge in [0, 0.05) is 19.2 Å². The maximum atomic E-state index is 13.0. The lowest BCUT2D eigenvalue weighted by atomic mass is 9.93. The number of rotatable bonds is 7. The summed E-state index contributed by atoms with van der Waals surface area (Å²) in [4.78, 5) is 27.3. The van der Waals surface area contributed by atoms with Crippen LogP contribution in [0.3, 0.4) is 0 Å². The van der Waals surface area contributed by atoms with Crippen LogP contribution in [0.4, 0.5) is 0 Å². The Bertz CT molecular complexity index is 1010. The van der Waals surface area contributed by atoms with Crippen molar-refractivity contribution in [2.24, 2.45) is 0 Å². The first kappa shape index (κ1) is 22.6. The zero-order valence-electron chi connectivity index (χ0n) is 18.6. The van der Waals surface area contributed by atoms with Crippen molar-refractivity contribution in [3.8, 4) is 5.75 Å². The monoisotopic (exact) mass is 423 g/mol. The molecular weight excluding hydrogens is 394 g/mol. The van der Waals surface area contributed by atoms with Gasteiger partial charge in [-0.25, -0.2) is 0 Å². The standard InChI is InChI=1S/C25H29NO5/c1-15(2)17-6-8-18(9-7-17)22-21(24(28)25(29)26(22)12-13-30-4)23(27)19-10-11-20(31-5)16(3)14-19/h6-11,14-15,22,27H,12-13H2,1-5H3/b23-21-. The quantitative estimate of drug-likeness (QED) is 0.410. The van der Waals surface area contributed by atoms with Gasteiger partial charge in [-0.05, 0) is 47.7 Å². The number of aryl methyl sites for hydroxylation is 1. The van der Waals surface area contributed by atoms with Gasteiger partial charge in [0.15, 0.2) is 0 Å². The number of aliphatic hydroxyl groups excluding tert-OH is 1. The van der Waals surface area contributed by atoms with E-state index in [1.165, 1.54) is 4.90 Å². The van der Waals surface area contributed by atoms with Crippen molar-refractivity contribution in [2.45, 2.75) is 32.7 Å². The van der Waals surface area contributed by atoms with Crippen molar-refractivity contribution in [1.29, 1.82) is 0 Å². The molecule has 1 unspecified atom stereocenters. The first-order valence-electron chi connectivity index (χ1n) is 10.3. The number of aliphatic hydroxyl groups is 1. The highest BCUT2D eigenvalue weighted by Gasteiger charge is 2.45. The second kappa shape index (κ2) is 9.35. The Kier molecular flexibility index (Phi) is 6.81. The predicted octanol–water partition coefficient (Wildman–Crippen LogP) is 4.20. The summed E-state index contributed by atoms with van der Waals surface area (Å²) in [7, 11) is 3.12. The van der Waals surface area contributed by atoms with Crippen LogP contribution in [-0.4, -0.2) is 49.1 Å². The van der Waals surface area contributed by atoms with E-state index in [0.717, 1.165) is 16.7 Å². The summed E-state index contributed by atoms with van der Waals surface area (Å²) >= 11 is 0. The average molecular weight is 424 g/mol. The van der Waals surface area contributed by atoms with E-state index >= 15 is 0 Å². The van der Waals surface area contributed by atoms with Crippen LogP contribution in [0.1, 0.15) is 48.1 Å². The lowest BCUT2D eigenvalue weighted by molar-refractivity contribution is -0.140. The number of methoxy groups -OCH3 is 2. The topological polar surface area (TPSA) is 76.1 Å². The number of Topliss-reactive ketones (excluding diaryl/α,β-unsaturated/α-hetero) is 1. The van der Waals surface area contributed by atoms with Gasteiger partial charge in [0.05, 0.1) is 25.3 Å². The van der Waals surface area contributed by atoms with Crippen LogP contribution in [0.2, 0.25) is 0 Å². The Balaban J connectivity index is 2.14. The van der Waals surface area contributed by atoms with Gasteiger partial charge in [-0.2, -0.15) is 0 Å². The van der Waals surface area contributed by atoms with Crippen LogP contribution in [0.15, 0.2) is 48.0 Å². The summed E-state index contributed by atoms with van der Waals surface area (Å²) in [5.74, 6) is -0.488. The molecule has 1 fully saturated rings. The maximum absolute atomic E-state index is 13.0. The number of nitrogens with zero attached hydrogens (tertiary/aromatic N) is 1. The van der Waals surface area contributed by atoms with Crippen molar-refractivity contribution >= 4 is 17.4 Å². The van der Waals surface area contributed by atoms with Gasteiger partial charge in [0.25, 0.3) is 11.7 Å². The van der Waals surface area contributed by atoms with E-state index in [1.54, 1.807) is 32.4 Å². The molecule has 1 aliphatic rings. The molecule has 0 spiro atoms. The van der Waals surface area contributed by atoms with Crippen molar-refractivity contribution in [1.82, 2.24) is 4.90 Å². The minimum absolute atomic E-state index is 0.0861. The minimum atomic E-state index is -0.694. The summed E-state index contributed by atoms with van der Waals surface area (Å²) in [5.41, 5.74) is 3.29. The smallest absolute Gasteiger partial charge is 0.295 e. The van der Waals surface area contributed by atoms with Gasteiger partial charge < -0.3 is 19.5 Å². The SMILES string of the molecule is COCCN1C(=O)C(=O)/C(=C(\O)c2ccc(OC)c(C)c2)C1c1ccc(C(C)C)cc1. The number of hydrogen-bond donors (Lipinski definition) is 1. The van der Waals surface area contributed by atoms with E-state index in [1.807, 2.05) is 31.2 Å². The number of likely N-dealkylation sites (tertiary alicyclic amines) is 1. The first-order valence-corrected chi connectivity index (χ1v) is 10.3. The van der Waals surface area contributed by atoms with Gasteiger partial charge in [0.1, 0.15) is 11.5 Å². The van der Waals surface area contributed by atoms with E-state index in [0.29, 0.717) is 17.2 Å². The molecule has 1 saturated heterocycles. The second-order valence-corrected chi connectivity index (χ2v) is 7.99. The van der Waals surface area contributed by atoms with E-state index < -0.39 is 17.7 Å². The number of hydrogen-bond acceptors (Lipinski definition) is 5. The molecule has 0 radical (unpaired) electrons. The molecule has 1 atom stereocenters. The zero-order valence-corrected chi connectivity index (χ0v) is 18.6. The Labute approximate surface area is 183 Å². The molecule has 0 saturated carbocycles. The summed E-state index contributed by atoms with van der Waals surface area (Å²) in [6, 6.07) is 12.3. The highest BCUT2D eigenvalue weighted by molar-refractivity contribution is 6.46. The fourth-order valence-corrected chi connectivity index (χ4v) is 3.89. The summed E-state index contributed by atoms with van der Waals surface area (Å²) in [6.45, 7) is 6.59. The maximum Gasteiger partial charge on any atom is 0.295 e. The van der Waals surface area contributed by atoms with E-state index in [4.69, 9.17) is 9.47 Å². The number of carbonyl (C=O) groups excluding carboxylic acids is 2. The van der Waals surface area contributed by atoms with Crippen LogP contribution in [0.5, 0.6) is 5.75 Å². The Hall–Kier alpha value is -3.12. The summed E-state index contributed by atoms with van der Waals surface area (Å²) in [5, 5.41) is 11.1. The lowest BCUT2D eigenvalue weighted by Crippen LogP contribution is -2.32. The zero-order chi connectivity index (χ0) is 22.7. The molecule has 1 N–H and O–H groups in total. The number of benzene rings is 2. The normalized spacial score (nSPS) is 18.1. The molecule has 1 aliphatic heterocycles. The Morgan fingerprint density at radius 1 is 1.10 bits per heavy atom. The van der Waals surface area contributed by atoms with Gasteiger partial charge in [-0.3, -0.25) is 9.59 Å². The number of amides is 1. The molecule has 2 aromatic rings. The molecule has 2 aromatic carbocycles. The van der Waals surface area contributed by atoms with Gasteiger partial charge >= 0.3 is 0 Å². The van der Waals surface area contributed by atoms with Crippen LogP contribution in [-0.2, 0) is 14.3 Å². The molecule has 0 bridgehead atoms. The Morgan fingerprint density at radius 3 is 2.32 bits per heavy atom. The highest BCUT2D eigenvalue weighted by atomic mass is 16.5. The lowest BCUT2D eigenvalue weighted by Gasteiger charge is -2.25. The molecule has 1 heterocycles. The van der Waals surface area contributed by atoms with Gasteiger partial charge in [-0.15, -0.1) is 0 Å². The van der Waals surface area contributed by atoms with Crippen LogP contribution >= 0.6 is 0 Å². The molecule has 1 amide bonds.